The van der Waals surface area contributed by atoms with Crippen LogP contribution in [0.3, 0.4) is 0 Å². The minimum atomic E-state index is -0.882. The summed E-state index contributed by atoms with van der Waals surface area (Å²) in [7, 11) is 0. The van der Waals surface area contributed by atoms with E-state index in [9.17, 15) is 13.2 Å². The van der Waals surface area contributed by atoms with Gasteiger partial charge in [-0.1, -0.05) is 25.1 Å². The molecule has 0 amide bonds. The van der Waals surface area contributed by atoms with Gasteiger partial charge in [0.1, 0.15) is 5.82 Å². The highest BCUT2D eigenvalue weighted by Crippen LogP contribution is 2.29. The molecule has 0 fully saturated rings. The highest BCUT2D eigenvalue weighted by Gasteiger charge is 2.21. The summed E-state index contributed by atoms with van der Waals surface area (Å²) in [5, 5.41) is 3.20. The number of benzene rings is 2. The molecule has 1 unspecified atom stereocenters. The van der Waals surface area contributed by atoms with E-state index in [0.717, 1.165) is 18.1 Å². The second-order valence-electron chi connectivity index (χ2n) is 4.70. The van der Waals surface area contributed by atoms with Gasteiger partial charge in [0.15, 0.2) is 11.6 Å². The van der Waals surface area contributed by atoms with Crippen LogP contribution in [0.15, 0.2) is 36.4 Å². The molecule has 0 aromatic heterocycles. The molecule has 1 atom stereocenters. The molecular formula is C16H15F3IN. The number of nitrogens with one attached hydrogen (secondary N) is 1. The van der Waals surface area contributed by atoms with Gasteiger partial charge in [0.25, 0.3) is 0 Å². The van der Waals surface area contributed by atoms with Crippen LogP contribution in [0, 0.1) is 21.0 Å². The largest absolute Gasteiger partial charge is 0.306 e. The zero-order chi connectivity index (χ0) is 15.4. The molecule has 0 saturated carbocycles. The molecule has 112 valence electrons. The van der Waals surface area contributed by atoms with E-state index in [-0.39, 0.29) is 11.4 Å². The standard InChI is InChI=1S/C16H15F3IN/c1-2-8-21-16(11-7-6-10(17)9-14(11)20)12-4-3-5-13(18)15(12)19/h3-7,9,16,21H,2,8H2,1H3. The van der Waals surface area contributed by atoms with E-state index in [1.54, 1.807) is 12.1 Å². The molecule has 0 aliphatic heterocycles. The summed E-state index contributed by atoms with van der Waals surface area (Å²) in [4.78, 5) is 0. The summed E-state index contributed by atoms with van der Waals surface area (Å²) < 4.78 is 41.5. The van der Waals surface area contributed by atoms with Crippen LogP contribution >= 0.6 is 22.6 Å². The normalized spacial score (nSPS) is 12.4. The van der Waals surface area contributed by atoms with E-state index >= 15 is 0 Å². The molecule has 0 spiro atoms. The van der Waals surface area contributed by atoms with Crippen molar-refractivity contribution in [3.05, 3.63) is 68.5 Å². The van der Waals surface area contributed by atoms with Crippen LogP contribution in [0.1, 0.15) is 30.5 Å². The Kier molecular flexibility index (Phi) is 5.64. The van der Waals surface area contributed by atoms with Crippen LogP contribution in [0.4, 0.5) is 13.2 Å². The van der Waals surface area contributed by atoms with Crippen LogP contribution in [0.25, 0.3) is 0 Å². The number of hydrogen-bond donors (Lipinski definition) is 1. The van der Waals surface area contributed by atoms with E-state index in [4.69, 9.17) is 0 Å². The van der Waals surface area contributed by atoms with Crippen LogP contribution in [0.5, 0.6) is 0 Å². The fourth-order valence-corrected chi connectivity index (χ4v) is 2.94. The number of rotatable bonds is 5. The van der Waals surface area contributed by atoms with Crippen molar-refractivity contribution in [3.63, 3.8) is 0 Å². The van der Waals surface area contributed by atoms with Crippen molar-refractivity contribution in [2.24, 2.45) is 0 Å². The van der Waals surface area contributed by atoms with Crippen LogP contribution < -0.4 is 5.32 Å². The third kappa shape index (κ3) is 3.77. The van der Waals surface area contributed by atoms with Crippen molar-refractivity contribution in [1.82, 2.24) is 5.32 Å². The Hall–Kier alpha value is -1.08. The Morgan fingerprint density at radius 2 is 1.86 bits per heavy atom. The molecule has 0 aliphatic rings. The summed E-state index contributed by atoms with van der Waals surface area (Å²) in [5.41, 5.74) is 0.961. The Morgan fingerprint density at radius 1 is 1.10 bits per heavy atom. The van der Waals surface area contributed by atoms with Gasteiger partial charge in [-0.15, -0.1) is 0 Å². The summed E-state index contributed by atoms with van der Waals surface area (Å²) >= 11 is 2.00. The van der Waals surface area contributed by atoms with Crippen molar-refractivity contribution < 1.29 is 13.2 Å². The number of hydrogen-bond acceptors (Lipinski definition) is 1. The van der Waals surface area contributed by atoms with Gasteiger partial charge >= 0.3 is 0 Å². The third-order valence-corrected chi connectivity index (χ3v) is 4.10. The van der Waals surface area contributed by atoms with Gasteiger partial charge in [-0.2, -0.15) is 0 Å². The van der Waals surface area contributed by atoms with E-state index in [1.807, 2.05) is 29.5 Å². The first-order chi connectivity index (χ1) is 10.0. The van der Waals surface area contributed by atoms with Crippen LogP contribution in [-0.4, -0.2) is 6.54 Å². The Morgan fingerprint density at radius 3 is 2.52 bits per heavy atom. The summed E-state index contributed by atoms with van der Waals surface area (Å²) in [6.45, 7) is 2.63. The van der Waals surface area contributed by atoms with Crippen molar-refractivity contribution in [2.45, 2.75) is 19.4 Å². The smallest absolute Gasteiger partial charge is 0.163 e. The first-order valence-corrected chi connectivity index (χ1v) is 7.74. The lowest BCUT2D eigenvalue weighted by Gasteiger charge is -2.21. The molecular weight excluding hydrogens is 390 g/mol. The lowest BCUT2D eigenvalue weighted by Crippen LogP contribution is -2.25. The fraction of sp³-hybridized carbons (Fsp3) is 0.250. The van der Waals surface area contributed by atoms with Gasteiger partial charge in [-0.05, 0) is 59.3 Å². The Labute approximate surface area is 135 Å². The van der Waals surface area contributed by atoms with Gasteiger partial charge in [-0.25, -0.2) is 13.2 Å². The Balaban J connectivity index is 2.49. The monoisotopic (exact) mass is 405 g/mol. The summed E-state index contributed by atoms with van der Waals surface area (Å²) in [6, 6.07) is 7.92. The lowest BCUT2D eigenvalue weighted by molar-refractivity contribution is 0.479. The van der Waals surface area contributed by atoms with Gasteiger partial charge in [0, 0.05) is 9.13 Å². The zero-order valence-electron chi connectivity index (χ0n) is 11.5. The highest BCUT2D eigenvalue weighted by atomic mass is 127. The van der Waals surface area contributed by atoms with E-state index in [0.29, 0.717) is 10.1 Å². The number of halogens is 4. The van der Waals surface area contributed by atoms with Gasteiger partial charge in [0.2, 0.25) is 0 Å². The SMILES string of the molecule is CCCNC(c1ccc(F)cc1I)c1cccc(F)c1F. The minimum Gasteiger partial charge on any atom is -0.306 e. The van der Waals surface area contributed by atoms with Crippen molar-refractivity contribution in [2.75, 3.05) is 6.54 Å². The Bertz CT molecular complexity index is 631. The fourth-order valence-electron chi connectivity index (χ4n) is 2.16. The van der Waals surface area contributed by atoms with Gasteiger partial charge < -0.3 is 5.32 Å². The quantitative estimate of drug-likeness (QED) is 0.705. The summed E-state index contributed by atoms with van der Waals surface area (Å²) in [5.74, 6) is -2.10. The summed E-state index contributed by atoms with van der Waals surface area (Å²) in [6.07, 6.45) is 0.852. The minimum absolute atomic E-state index is 0.230. The molecule has 2 rings (SSSR count). The van der Waals surface area contributed by atoms with E-state index in [1.165, 1.54) is 18.2 Å². The second-order valence-corrected chi connectivity index (χ2v) is 5.86. The van der Waals surface area contributed by atoms with Crippen molar-refractivity contribution in [1.29, 1.82) is 0 Å². The van der Waals surface area contributed by atoms with Crippen molar-refractivity contribution >= 4 is 22.6 Å². The highest BCUT2D eigenvalue weighted by molar-refractivity contribution is 14.1. The van der Waals surface area contributed by atoms with Gasteiger partial charge in [0.05, 0.1) is 6.04 Å². The third-order valence-electron chi connectivity index (χ3n) is 3.16. The molecule has 2 aromatic rings. The van der Waals surface area contributed by atoms with Crippen molar-refractivity contribution in [3.8, 4) is 0 Å². The van der Waals surface area contributed by atoms with Crippen LogP contribution in [-0.2, 0) is 0 Å². The van der Waals surface area contributed by atoms with Gasteiger partial charge in [-0.3, -0.25) is 0 Å². The molecule has 21 heavy (non-hydrogen) atoms. The maximum absolute atomic E-state index is 14.1. The predicted molar refractivity (Wildman–Crippen MR) is 85.6 cm³/mol. The molecule has 1 nitrogen and oxygen atoms in total. The molecule has 0 bridgehead atoms. The van der Waals surface area contributed by atoms with E-state index in [2.05, 4.69) is 5.32 Å². The molecule has 0 radical (unpaired) electrons. The molecule has 0 heterocycles. The molecule has 0 saturated heterocycles. The predicted octanol–water partition coefficient (Wildman–Crippen LogP) is 4.80. The second kappa shape index (κ2) is 7.26. The average Bonchev–Trinajstić information content (AvgIpc) is 2.45. The topological polar surface area (TPSA) is 12.0 Å². The maximum Gasteiger partial charge on any atom is 0.163 e. The maximum atomic E-state index is 14.1. The molecule has 0 aliphatic carbocycles. The van der Waals surface area contributed by atoms with Crippen LogP contribution in [0.2, 0.25) is 0 Å². The first-order valence-electron chi connectivity index (χ1n) is 6.66. The average molecular weight is 405 g/mol. The molecule has 5 heteroatoms. The zero-order valence-corrected chi connectivity index (χ0v) is 13.6. The first kappa shape index (κ1) is 16.3. The van der Waals surface area contributed by atoms with E-state index < -0.39 is 17.7 Å². The lowest BCUT2D eigenvalue weighted by atomic mass is 9.97. The molecule has 2 aromatic carbocycles. The molecule has 1 N–H and O–H groups in total.